The summed E-state index contributed by atoms with van der Waals surface area (Å²) in [6, 6.07) is 26.2. The van der Waals surface area contributed by atoms with Gasteiger partial charge in [-0.15, -0.1) is 0 Å². The van der Waals surface area contributed by atoms with Crippen molar-refractivity contribution in [2.75, 3.05) is 14.2 Å². The fourth-order valence-corrected chi connectivity index (χ4v) is 6.19. The first-order chi connectivity index (χ1) is 21.2. The van der Waals surface area contributed by atoms with Gasteiger partial charge < -0.3 is 20.3 Å². The molecule has 2 unspecified atom stereocenters. The highest BCUT2D eigenvalue weighted by Crippen LogP contribution is 2.35. The van der Waals surface area contributed by atoms with Crippen LogP contribution in [0.1, 0.15) is 46.9 Å². The molecule has 0 aliphatic carbocycles. The van der Waals surface area contributed by atoms with Gasteiger partial charge in [-0.2, -0.15) is 0 Å². The molecule has 2 atom stereocenters. The third-order valence-corrected chi connectivity index (χ3v) is 8.58. The summed E-state index contributed by atoms with van der Waals surface area (Å²) in [5.41, 5.74) is 4.48. The van der Waals surface area contributed by atoms with Crippen LogP contribution in [0.15, 0.2) is 84.9 Å². The lowest BCUT2D eigenvalue weighted by molar-refractivity contribution is 0.414. The van der Waals surface area contributed by atoms with Crippen LogP contribution in [0.4, 0.5) is 0 Å². The molecule has 0 aliphatic rings. The molecule has 0 saturated carbocycles. The fraction of sp³-hybridized carbons (Fsp3) is 0.235. The maximum Gasteiger partial charge on any atom is 0.172 e. The molecule has 0 fully saturated rings. The summed E-state index contributed by atoms with van der Waals surface area (Å²) in [7, 11) is 7.17. The largest absolute Gasteiger partial charge is 0.497 e. The first-order valence-corrected chi connectivity index (χ1v) is 15.7. The molecule has 0 saturated heterocycles. The monoisotopic (exact) mass is 662 g/mol. The zero-order valence-corrected chi connectivity index (χ0v) is 27.6. The number of methoxy groups -OCH3 is 2. The molecule has 4 rings (SSSR count). The van der Waals surface area contributed by atoms with Crippen LogP contribution < -0.4 is 9.47 Å². The Morgan fingerprint density at radius 3 is 1.27 bits per heavy atom. The third-order valence-electron chi connectivity index (χ3n) is 7.45. The minimum atomic E-state index is -0.334. The Morgan fingerprint density at radius 1 is 0.591 bits per heavy atom. The normalized spacial score (nSPS) is 12.2. The lowest BCUT2D eigenvalue weighted by Gasteiger charge is -2.21. The van der Waals surface area contributed by atoms with E-state index in [1.807, 2.05) is 75.2 Å². The quantitative estimate of drug-likeness (QED) is 0.0755. The van der Waals surface area contributed by atoms with E-state index < -0.39 is 0 Å². The van der Waals surface area contributed by atoms with E-state index in [1.165, 1.54) is 0 Å². The van der Waals surface area contributed by atoms with Crippen LogP contribution in [0, 0.1) is 10.8 Å². The highest BCUT2D eigenvalue weighted by molar-refractivity contribution is 6.76. The van der Waals surface area contributed by atoms with E-state index in [0.717, 1.165) is 59.2 Å². The van der Waals surface area contributed by atoms with Gasteiger partial charge in [-0.25, -0.2) is 0 Å². The smallest absolute Gasteiger partial charge is 0.172 e. The minimum Gasteiger partial charge on any atom is -0.497 e. The summed E-state index contributed by atoms with van der Waals surface area (Å²) < 4.78 is 10.6. The lowest BCUT2D eigenvalue weighted by Crippen LogP contribution is -2.21. The van der Waals surface area contributed by atoms with Crippen molar-refractivity contribution in [3.63, 3.8) is 0 Å². The first kappa shape index (κ1) is 34.0. The van der Waals surface area contributed by atoms with Gasteiger partial charge in [0.1, 0.15) is 11.5 Å². The molecule has 0 heterocycles. The van der Waals surface area contributed by atoms with Crippen LogP contribution in [0.5, 0.6) is 11.5 Å². The van der Waals surface area contributed by atoms with Crippen molar-refractivity contribution in [2.45, 2.75) is 37.3 Å². The molecule has 2 radical (unpaired) electrons. The lowest BCUT2D eigenvalue weighted by atomic mass is 9.59. The molecule has 224 valence electrons. The molecule has 44 heavy (non-hydrogen) atoms. The molecule has 4 nitrogen and oxygen atoms in total. The number of unbranched alkanes of at least 4 members (excludes halogenated alkanes) is 1. The summed E-state index contributed by atoms with van der Waals surface area (Å²) in [6.07, 6.45) is 3.18. The maximum absolute atomic E-state index is 8.98. The summed E-state index contributed by atoms with van der Waals surface area (Å²) in [5, 5.41) is 20.1. The Labute approximate surface area is 281 Å². The van der Waals surface area contributed by atoms with E-state index in [2.05, 4.69) is 0 Å². The van der Waals surface area contributed by atoms with Crippen LogP contribution in [-0.4, -0.2) is 40.0 Å². The second kappa shape index (κ2) is 16.4. The average Bonchev–Trinajstić information content (AvgIpc) is 3.02. The second-order valence-corrected chi connectivity index (χ2v) is 12.0. The summed E-state index contributed by atoms with van der Waals surface area (Å²) in [4.78, 5) is 0. The summed E-state index contributed by atoms with van der Waals surface area (Å²) in [5.74, 6) is 0.832. The predicted octanol–water partition coefficient (Wildman–Crippen LogP) is 10.3. The Balaban J connectivity index is 1.37. The summed E-state index contributed by atoms with van der Waals surface area (Å²) in [6.45, 7) is 0. The van der Waals surface area contributed by atoms with Gasteiger partial charge in [0, 0.05) is 31.9 Å². The van der Waals surface area contributed by atoms with Crippen LogP contribution in [0.2, 0.25) is 32.7 Å². The third kappa shape index (κ3) is 8.85. The Hall–Kier alpha value is -2.89. The molecule has 0 bridgehead atoms. The van der Waals surface area contributed by atoms with Gasteiger partial charge in [-0.05, 0) is 82.0 Å². The molecule has 0 spiro atoms. The zero-order chi connectivity index (χ0) is 31.6. The van der Waals surface area contributed by atoms with Crippen molar-refractivity contribution in [1.29, 1.82) is 10.8 Å². The van der Waals surface area contributed by atoms with E-state index in [1.54, 1.807) is 38.5 Å². The van der Waals surface area contributed by atoms with Crippen molar-refractivity contribution in [1.82, 2.24) is 0 Å². The van der Waals surface area contributed by atoms with E-state index in [0.29, 0.717) is 31.3 Å². The molecule has 0 aromatic heterocycles. The molecule has 0 aliphatic heterocycles. The van der Waals surface area contributed by atoms with E-state index in [9.17, 15) is 0 Å². The second-order valence-electron chi connectivity index (χ2n) is 10.3. The van der Waals surface area contributed by atoms with Gasteiger partial charge in [-0.1, -0.05) is 108 Å². The Kier molecular flexibility index (Phi) is 12.7. The van der Waals surface area contributed by atoms with Crippen LogP contribution >= 0.6 is 46.4 Å². The zero-order valence-electron chi connectivity index (χ0n) is 24.5. The molecular weight excluding hydrogens is 632 g/mol. The van der Waals surface area contributed by atoms with Crippen LogP contribution in [0.25, 0.3) is 0 Å². The number of hydrogen-bond acceptors (Lipinski definition) is 4. The molecule has 4 aromatic rings. The van der Waals surface area contributed by atoms with Crippen molar-refractivity contribution in [3.05, 3.63) is 127 Å². The van der Waals surface area contributed by atoms with Crippen LogP contribution in [0.3, 0.4) is 0 Å². The van der Waals surface area contributed by atoms with Gasteiger partial charge in [0.2, 0.25) is 0 Å². The SMILES string of the molecule is COc1ccc(C(C(=N)[B]CCCC[B]C(=N)C(c2ccc(OC)cc2)c2ccc(Cl)cc2Cl)c2ccc(Cl)cc2Cl)cc1. The van der Waals surface area contributed by atoms with Gasteiger partial charge in [0.05, 0.1) is 14.2 Å². The molecular formula is C34H32B2Cl4N2O2. The van der Waals surface area contributed by atoms with E-state index in [-0.39, 0.29) is 11.8 Å². The first-order valence-electron chi connectivity index (χ1n) is 14.2. The fourth-order valence-electron chi connectivity index (χ4n) is 5.16. The van der Waals surface area contributed by atoms with Crippen molar-refractivity contribution >= 4 is 72.2 Å². The van der Waals surface area contributed by atoms with Crippen molar-refractivity contribution < 1.29 is 9.47 Å². The standard InChI is InChI=1S/C34H32B2Cl4N2O2/c1-43-25-11-5-21(6-12-25)31(27-15-9-23(37)19-29(27)39)33(41)35-17-3-4-18-36-34(42)32(22-7-13-26(44-2)14-8-22)28-16-10-24(38)20-30(28)40/h5-16,19-20,31-32,41-42H,3-4,17-18H2,1-2H3. The number of rotatable bonds is 15. The van der Waals surface area contributed by atoms with Gasteiger partial charge in [0.25, 0.3) is 0 Å². The molecule has 10 heteroatoms. The van der Waals surface area contributed by atoms with Gasteiger partial charge >= 0.3 is 0 Å². The van der Waals surface area contributed by atoms with Gasteiger partial charge in [-0.3, -0.25) is 0 Å². The minimum absolute atomic E-state index is 0.334. The van der Waals surface area contributed by atoms with Crippen molar-refractivity contribution in [2.24, 2.45) is 0 Å². The molecule has 0 amide bonds. The Bertz CT molecular complexity index is 1460. The number of benzene rings is 4. The topological polar surface area (TPSA) is 66.2 Å². The van der Waals surface area contributed by atoms with Crippen LogP contribution in [-0.2, 0) is 0 Å². The molecule has 4 aromatic carbocycles. The highest BCUT2D eigenvalue weighted by Gasteiger charge is 2.24. The number of halogens is 4. The van der Waals surface area contributed by atoms with Crippen molar-refractivity contribution in [3.8, 4) is 11.5 Å². The highest BCUT2D eigenvalue weighted by atomic mass is 35.5. The number of ether oxygens (including phenoxy) is 2. The predicted molar refractivity (Wildman–Crippen MR) is 188 cm³/mol. The van der Waals surface area contributed by atoms with E-state index >= 15 is 0 Å². The molecule has 2 N–H and O–H groups in total. The summed E-state index contributed by atoms with van der Waals surface area (Å²) >= 11 is 25.5. The maximum atomic E-state index is 8.98. The number of nitrogens with one attached hydrogen (secondary N) is 2. The van der Waals surface area contributed by atoms with Gasteiger partial charge in [0.15, 0.2) is 14.6 Å². The Morgan fingerprint density at radius 2 is 0.955 bits per heavy atom. The average molecular weight is 664 g/mol. The number of hydrogen-bond donors (Lipinski definition) is 2. The van der Waals surface area contributed by atoms with E-state index in [4.69, 9.17) is 66.7 Å².